The van der Waals surface area contributed by atoms with Crippen LogP contribution in [-0.2, 0) is 13.0 Å². The highest BCUT2D eigenvalue weighted by atomic mass is 35.5. The zero-order chi connectivity index (χ0) is 18.0. The molecule has 3 rings (SSSR count). The second-order valence-electron chi connectivity index (χ2n) is 5.76. The van der Waals surface area contributed by atoms with Gasteiger partial charge in [-0.3, -0.25) is 0 Å². The summed E-state index contributed by atoms with van der Waals surface area (Å²) in [6, 6.07) is 4.93. The third kappa shape index (κ3) is 3.67. The van der Waals surface area contributed by atoms with Gasteiger partial charge in [-0.1, -0.05) is 6.58 Å². The van der Waals surface area contributed by atoms with Gasteiger partial charge in [0.05, 0.1) is 18.5 Å². The lowest BCUT2D eigenvalue weighted by molar-refractivity contribution is 0.304. The molecule has 0 unspecified atom stereocenters. The van der Waals surface area contributed by atoms with Gasteiger partial charge >= 0.3 is 0 Å². The predicted molar refractivity (Wildman–Crippen MR) is 96.4 cm³/mol. The van der Waals surface area contributed by atoms with Gasteiger partial charge in [0.15, 0.2) is 5.82 Å². The van der Waals surface area contributed by atoms with Crippen LogP contribution < -0.4 is 11.1 Å². The number of alkyl halides is 1. The Morgan fingerprint density at radius 2 is 2.36 bits per heavy atom. The maximum atomic E-state index is 13.5. The summed E-state index contributed by atoms with van der Waals surface area (Å²) in [7, 11) is 0. The first-order chi connectivity index (χ1) is 12.0. The van der Waals surface area contributed by atoms with Crippen LogP contribution in [0.15, 0.2) is 35.5 Å². The maximum absolute atomic E-state index is 13.5. The Bertz CT molecular complexity index is 875. The van der Waals surface area contributed by atoms with Gasteiger partial charge in [-0.15, -0.1) is 5.10 Å². The van der Waals surface area contributed by atoms with Crippen LogP contribution in [0.2, 0.25) is 5.28 Å². The van der Waals surface area contributed by atoms with Gasteiger partial charge in [-0.25, -0.2) is 8.91 Å². The lowest BCUT2D eigenvalue weighted by Gasteiger charge is -2.12. The molecule has 0 saturated heterocycles. The van der Waals surface area contributed by atoms with Crippen molar-refractivity contribution in [2.24, 2.45) is 5.73 Å². The van der Waals surface area contributed by atoms with E-state index in [9.17, 15) is 4.39 Å². The molecule has 132 valence electrons. The van der Waals surface area contributed by atoms with Crippen molar-refractivity contribution in [1.29, 1.82) is 0 Å². The number of fused-ring (bicyclic) bond motifs is 1. The lowest BCUT2D eigenvalue weighted by Crippen LogP contribution is -2.31. The van der Waals surface area contributed by atoms with Gasteiger partial charge in [0, 0.05) is 6.04 Å². The second kappa shape index (κ2) is 7.25. The third-order valence-electron chi connectivity index (χ3n) is 3.97. The molecular formula is C17H19ClFN5O. The Kier molecular flexibility index (Phi) is 5.06. The number of aromatic nitrogens is 3. The largest absolute Gasteiger partial charge is 0.467 e. The van der Waals surface area contributed by atoms with Gasteiger partial charge in [-0.2, -0.15) is 4.98 Å². The zero-order valence-corrected chi connectivity index (χ0v) is 14.5. The molecule has 0 aliphatic rings. The Morgan fingerprint density at radius 1 is 1.56 bits per heavy atom. The normalized spacial score (nSPS) is 13.8. The number of rotatable bonds is 7. The van der Waals surface area contributed by atoms with Gasteiger partial charge in [0.2, 0.25) is 5.28 Å². The van der Waals surface area contributed by atoms with Crippen LogP contribution in [0.25, 0.3) is 11.6 Å². The summed E-state index contributed by atoms with van der Waals surface area (Å²) in [5.74, 6) is 1.31. The van der Waals surface area contributed by atoms with Crippen molar-refractivity contribution >= 4 is 29.0 Å². The lowest BCUT2D eigenvalue weighted by atomic mass is 10.0. The number of hydrogen-bond acceptors (Lipinski definition) is 5. The van der Waals surface area contributed by atoms with Crippen LogP contribution in [0.3, 0.4) is 0 Å². The topological polar surface area (TPSA) is 81.4 Å². The van der Waals surface area contributed by atoms with Gasteiger partial charge in [-0.05, 0) is 54.8 Å². The molecule has 0 aliphatic heterocycles. The van der Waals surface area contributed by atoms with Crippen molar-refractivity contribution < 1.29 is 8.81 Å². The molecule has 6 nitrogen and oxygen atoms in total. The van der Waals surface area contributed by atoms with E-state index in [0.29, 0.717) is 24.3 Å². The van der Waals surface area contributed by atoms with Crippen LogP contribution in [0, 0.1) is 0 Å². The van der Waals surface area contributed by atoms with Crippen molar-refractivity contribution in [3.8, 4) is 0 Å². The van der Waals surface area contributed by atoms with Crippen molar-refractivity contribution in [2.45, 2.75) is 32.1 Å². The maximum Gasteiger partial charge on any atom is 0.243 e. The van der Waals surface area contributed by atoms with E-state index < -0.39 is 12.2 Å². The van der Waals surface area contributed by atoms with Crippen molar-refractivity contribution in [3.63, 3.8) is 0 Å². The Balaban J connectivity index is 1.99. The van der Waals surface area contributed by atoms with E-state index in [1.807, 2.05) is 18.2 Å². The molecule has 3 heterocycles. The molecule has 0 spiro atoms. The van der Waals surface area contributed by atoms with Crippen LogP contribution in [-0.4, -0.2) is 26.8 Å². The fraction of sp³-hybridized carbons (Fsp3) is 0.294. The van der Waals surface area contributed by atoms with Gasteiger partial charge in [0.25, 0.3) is 0 Å². The van der Waals surface area contributed by atoms with Crippen molar-refractivity contribution in [2.75, 3.05) is 5.32 Å². The molecule has 2 atom stereocenters. The van der Waals surface area contributed by atoms with Crippen molar-refractivity contribution in [1.82, 2.24) is 14.6 Å². The van der Waals surface area contributed by atoms with Crippen molar-refractivity contribution in [3.05, 3.63) is 53.3 Å². The van der Waals surface area contributed by atoms with Crippen LogP contribution in [0.5, 0.6) is 0 Å². The quantitative estimate of drug-likeness (QED) is 0.671. The molecule has 0 aromatic carbocycles. The highest BCUT2D eigenvalue weighted by Gasteiger charge is 2.19. The number of nitrogens with zero attached hydrogens (tertiary/aromatic N) is 3. The van der Waals surface area contributed by atoms with Gasteiger partial charge in [0.1, 0.15) is 17.4 Å². The minimum absolute atomic E-state index is 0.0860. The number of halogens is 2. The molecule has 8 heteroatoms. The summed E-state index contributed by atoms with van der Waals surface area (Å²) < 4.78 is 20.4. The first-order valence-corrected chi connectivity index (χ1v) is 8.24. The first-order valence-electron chi connectivity index (χ1n) is 7.86. The number of hydrogen-bond donors (Lipinski definition) is 2. The van der Waals surface area contributed by atoms with Crippen LogP contribution in [0.4, 0.5) is 10.2 Å². The summed E-state index contributed by atoms with van der Waals surface area (Å²) in [6.07, 6.45) is 2.49. The molecular weight excluding hydrogens is 345 g/mol. The molecule has 0 bridgehead atoms. The molecule has 3 aromatic heterocycles. The summed E-state index contributed by atoms with van der Waals surface area (Å²) in [5, 5.41) is 7.49. The minimum atomic E-state index is -1.12. The second-order valence-corrected chi connectivity index (χ2v) is 6.10. The molecule has 3 N–H and O–H groups in total. The number of nitrogens with two attached hydrogens (primary N) is 1. The number of furan rings is 1. The van der Waals surface area contributed by atoms with E-state index in [1.54, 1.807) is 16.9 Å². The molecule has 25 heavy (non-hydrogen) atoms. The number of nitrogens with one attached hydrogen (secondary N) is 1. The average Bonchev–Trinajstić information content (AvgIpc) is 3.19. The SMILES string of the molecule is C=Cc1c(C[C@@H](N)[C@H](C)F)cc2c(NCc3ccco3)nc(Cl)nn12. The molecule has 0 aliphatic carbocycles. The number of anilines is 1. The Hall–Kier alpha value is -2.38. The standard InChI is InChI=1S/C17H19ClFN5O/c1-3-14-11(7-13(20)10(2)19)8-15-16(22-17(18)23-24(14)15)21-9-12-5-4-6-25-12/h3-6,8,10,13H,1,7,9,20H2,2H3,(H,21,22,23)/t10-,13+/m0/s1. The molecule has 0 amide bonds. The summed E-state index contributed by atoms with van der Waals surface area (Å²) in [5.41, 5.74) is 8.14. The van der Waals surface area contributed by atoms with E-state index in [-0.39, 0.29) is 5.28 Å². The van der Waals surface area contributed by atoms with E-state index in [1.165, 1.54) is 6.92 Å². The summed E-state index contributed by atoms with van der Waals surface area (Å²) >= 11 is 6.05. The van der Waals surface area contributed by atoms with E-state index in [2.05, 4.69) is 22.0 Å². The first kappa shape index (κ1) is 17.4. The van der Waals surface area contributed by atoms with E-state index in [4.69, 9.17) is 21.8 Å². The van der Waals surface area contributed by atoms with Crippen LogP contribution >= 0.6 is 11.6 Å². The molecule has 3 aromatic rings. The Morgan fingerprint density at radius 3 is 3.00 bits per heavy atom. The highest BCUT2D eigenvalue weighted by Crippen LogP contribution is 2.25. The van der Waals surface area contributed by atoms with Crippen LogP contribution in [0.1, 0.15) is 23.9 Å². The molecule has 0 saturated carbocycles. The summed E-state index contributed by atoms with van der Waals surface area (Å²) in [4.78, 5) is 4.24. The zero-order valence-electron chi connectivity index (χ0n) is 13.7. The van der Waals surface area contributed by atoms with Gasteiger partial charge < -0.3 is 15.5 Å². The molecule has 0 fully saturated rings. The Labute approximate surface area is 149 Å². The molecule has 0 radical (unpaired) electrons. The summed E-state index contributed by atoms with van der Waals surface area (Å²) in [6.45, 7) is 5.71. The third-order valence-corrected chi connectivity index (χ3v) is 4.13. The average molecular weight is 364 g/mol. The smallest absolute Gasteiger partial charge is 0.243 e. The predicted octanol–water partition coefficient (Wildman–Crippen LogP) is 3.46. The monoisotopic (exact) mass is 363 g/mol. The highest BCUT2D eigenvalue weighted by molar-refractivity contribution is 6.28. The van der Waals surface area contributed by atoms with E-state index in [0.717, 1.165) is 17.0 Å². The fourth-order valence-corrected chi connectivity index (χ4v) is 2.77. The minimum Gasteiger partial charge on any atom is -0.467 e. The van der Waals surface area contributed by atoms with E-state index >= 15 is 0 Å². The fourth-order valence-electron chi connectivity index (χ4n) is 2.61.